The molecule has 1 aliphatic rings. The Balaban J connectivity index is 2.07. The summed E-state index contributed by atoms with van der Waals surface area (Å²) in [6.07, 6.45) is -1.93. The molecule has 1 atom stereocenters. The topological polar surface area (TPSA) is 189 Å². The molecule has 8 N–H and O–H groups in total. The van der Waals surface area contributed by atoms with Gasteiger partial charge in [-0.3, -0.25) is 0 Å². The molecule has 2 aromatic heterocycles. The van der Waals surface area contributed by atoms with Crippen LogP contribution >= 0.6 is 0 Å². The van der Waals surface area contributed by atoms with Crippen LogP contribution < -0.4 is 26.8 Å². The fourth-order valence-electron chi connectivity index (χ4n) is 3.37. The van der Waals surface area contributed by atoms with Crippen molar-refractivity contribution in [3.8, 4) is 17.3 Å². The number of ether oxygens (including phenoxy) is 1. The van der Waals surface area contributed by atoms with Gasteiger partial charge in [-0.2, -0.15) is 13.2 Å². The van der Waals surface area contributed by atoms with Crippen molar-refractivity contribution in [2.75, 3.05) is 19.4 Å². The van der Waals surface area contributed by atoms with Gasteiger partial charge in [-0.25, -0.2) is 24.7 Å². The predicted octanol–water partition coefficient (Wildman–Crippen LogP) is 2.14. The van der Waals surface area contributed by atoms with E-state index in [1.807, 2.05) is 0 Å². The first kappa shape index (κ1) is 26.3. The monoisotopic (exact) mass is 509 g/mol. The smallest absolute Gasteiger partial charge is 0.404 e. The van der Waals surface area contributed by atoms with Gasteiger partial charge in [-0.05, 0) is 25.8 Å². The number of anilines is 1. The number of carbonyl (C=O) groups is 1. The molecule has 0 spiro atoms. The van der Waals surface area contributed by atoms with Gasteiger partial charge in [-0.1, -0.05) is 12.7 Å². The summed E-state index contributed by atoms with van der Waals surface area (Å²) in [5.74, 6) is -0.459. The highest BCUT2D eigenvalue weighted by Crippen LogP contribution is 2.58. The molecule has 2 aromatic rings. The van der Waals surface area contributed by atoms with E-state index in [0.717, 1.165) is 0 Å². The van der Waals surface area contributed by atoms with Crippen molar-refractivity contribution in [1.82, 2.24) is 30.6 Å². The van der Waals surface area contributed by atoms with Crippen LogP contribution in [0.2, 0.25) is 0 Å². The molecule has 0 radical (unpaired) electrons. The Bertz CT molecular complexity index is 1200. The predicted molar refractivity (Wildman–Crippen MR) is 126 cm³/mol. The van der Waals surface area contributed by atoms with E-state index in [2.05, 4.69) is 42.1 Å². The molecule has 0 aliphatic heterocycles. The molecule has 1 aliphatic carbocycles. The number of hydrogen-bond donors (Lipinski definition) is 6. The molecule has 1 saturated carbocycles. The van der Waals surface area contributed by atoms with Gasteiger partial charge in [0.05, 0.1) is 24.7 Å². The number of H-pyrrole nitrogens is 1. The summed E-state index contributed by atoms with van der Waals surface area (Å²) in [6.45, 7) is 5.33. The van der Waals surface area contributed by atoms with E-state index in [-0.39, 0.29) is 65.6 Å². The lowest BCUT2D eigenvalue weighted by Gasteiger charge is -2.16. The zero-order chi connectivity index (χ0) is 26.7. The van der Waals surface area contributed by atoms with E-state index in [9.17, 15) is 18.0 Å². The summed E-state index contributed by atoms with van der Waals surface area (Å²) in [5, 5.41) is 13.8. The minimum Gasteiger partial charge on any atom is -0.478 e. The third-order valence-electron chi connectivity index (χ3n) is 5.38. The number of guanidine groups is 1. The van der Waals surface area contributed by atoms with Gasteiger partial charge in [0.2, 0.25) is 0 Å². The molecule has 0 aromatic carbocycles. The summed E-state index contributed by atoms with van der Waals surface area (Å²) >= 11 is 0. The Morgan fingerprint density at radius 3 is 2.69 bits per heavy atom. The van der Waals surface area contributed by atoms with E-state index >= 15 is 0 Å². The van der Waals surface area contributed by atoms with Crippen molar-refractivity contribution < 1.29 is 27.8 Å². The van der Waals surface area contributed by atoms with Crippen LogP contribution in [0.4, 0.5) is 23.8 Å². The summed E-state index contributed by atoms with van der Waals surface area (Å²) in [7, 11) is 1.32. The van der Waals surface area contributed by atoms with Crippen LogP contribution in [0.15, 0.2) is 29.9 Å². The molecular weight excluding hydrogens is 483 g/mol. The number of aromatic amines is 1. The number of halogens is 3. The lowest BCUT2D eigenvalue weighted by Crippen LogP contribution is -2.43. The maximum atomic E-state index is 13.9. The molecule has 36 heavy (non-hydrogen) atoms. The zero-order valence-electron chi connectivity index (χ0n) is 19.5. The van der Waals surface area contributed by atoms with Crippen LogP contribution in [0.1, 0.15) is 31.3 Å². The van der Waals surface area contributed by atoms with Gasteiger partial charge in [0.15, 0.2) is 11.8 Å². The number of nitrogens with one attached hydrogen (secondary N) is 3. The van der Waals surface area contributed by atoms with E-state index in [0.29, 0.717) is 0 Å². The summed E-state index contributed by atoms with van der Waals surface area (Å²) in [5.41, 5.74) is 9.87. The number of amides is 1. The molecule has 12 nitrogen and oxygen atoms in total. The molecule has 2 heterocycles. The van der Waals surface area contributed by atoms with Crippen LogP contribution in [-0.2, 0) is 5.41 Å². The Morgan fingerprint density at radius 2 is 2.14 bits per heavy atom. The Labute approximate surface area is 203 Å². The third kappa shape index (κ3) is 5.50. The number of aliphatic imine (C=N–C) groups is 1. The van der Waals surface area contributed by atoms with Gasteiger partial charge in [0.1, 0.15) is 22.6 Å². The standard InChI is InChI=1S/C21H26F3N9O3/c1-4-5-11(31-18(26)28-8-10(2)29-19(34)35)13-14(12-9-27-15(25)16(30-12)36-3)33-17(32-13)20(6-7-20)21(22,23)24/h4-5,9-10,29H,1,6-8H2,2-3H3,(H2,25,27)(H,32,33)(H,34,35)(H3,26,28,31)/b11-5-/t10-/m0/s1. The first-order chi connectivity index (χ1) is 16.9. The van der Waals surface area contributed by atoms with E-state index < -0.39 is 23.7 Å². The molecule has 0 saturated heterocycles. The molecule has 0 bridgehead atoms. The number of aromatic nitrogens is 4. The fraction of sp³-hybridized carbons (Fsp3) is 0.381. The second-order valence-corrected chi connectivity index (χ2v) is 8.05. The average molecular weight is 509 g/mol. The highest BCUT2D eigenvalue weighted by atomic mass is 19.4. The molecule has 0 unspecified atom stereocenters. The zero-order valence-corrected chi connectivity index (χ0v) is 19.5. The number of nitrogens with zero attached hydrogens (tertiary/aromatic N) is 4. The number of hydrogen-bond acceptors (Lipinski definition) is 7. The van der Waals surface area contributed by atoms with E-state index in [1.165, 1.54) is 25.5 Å². The van der Waals surface area contributed by atoms with Crippen LogP contribution in [0, 0.1) is 0 Å². The van der Waals surface area contributed by atoms with Crippen LogP contribution in [0.3, 0.4) is 0 Å². The van der Waals surface area contributed by atoms with Crippen molar-refractivity contribution in [2.45, 2.75) is 37.4 Å². The lowest BCUT2D eigenvalue weighted by atomic mass is 10.1. The molecule has 194 valence electrons. The van der Waals surface area contributed by atoms with Crippen molar-refractivity contribution in [1.29, 1.82) is 0 Å². The Morgan fingerprint density at radius 1 is 1.44 bits per heavy atom. The number of rotatable bonds is 9. The first-order valence-electron chi connectivity index (χ1n) is 10.7. The van der Waals surface area contributed by atoms with Crippen LogP contribution in [-0.4, -0.2) is 63.0 Å². The van der Waals surface area contributed by atoms with Crippen LogP contribution in [0.5, 0.6) is 5.88 Å². The number of carboxylic acid groups (broad SMARTS) is 1. The van der Waals surface area contributed by atoms with Crippen LogP contribution in [0.25, 0.3) is 17.1 Å². The normalized spacial score (nSPS) is 16.2. The number of nitrogens with two attached hydrogens (primary N) is 2. The van der Waals surface area contributed by atoms with Gasteiger partial charge in [-0.15, -0.1) is 0 Å². The minimum atomic E-state index is -4.52. The Kier molecular flexibility index (Phi) is 7.40. The lowest BCUT2D eigenvalue weighted by molar-refractivity contribution is -0.162. The second kappa shape index (κ2) is 10.1. The number of allylic oxidation sites excluding steroid dienone is 2. The summed E-state index contributed by atoms with van der Waals surface area (Å²) < 4.78 is 46.7. The van der Waals surface area contributed by atoms with Crippen molar-refractivity contribution in [2.24, 2.45) is 10.7 Å². The maximum Gasteiger partial charge on any atom is 0.404 e. The molecule has 15 heteroatoms. The molecule has 1 fully saturated rings. The minimum absolute atomic E-state index is 0.00933. The largest absolute Gasteiger partial charge is 0.478 e. The number of methoxy groups -OCH3 is 1. The molecular formula is C21H26F3N9O3. The third-order valence-corrected chi connectivity index (χ3v) is 5.38. The number of imidazole rings is 1. The quantitative estimate of drug-likeness (QED) is 0.167. The van der Waals surface area contributed by atoms with Gasteiger partial charge < -0.3 is 36.9 Å². The average Bonchev–Trinajstić information content (AvgIpc) is 3.51. The Hall–Kier alpha value is -4.30. The van der Waals surface area contributed by atoms with Gasteiger partial charge in [0.25, 0.3) is 5.88 Å². The van der Waals surface area contributed by atoms with E-state index in [1.54, 1.807) is 6.92 Å². The number of alkyl halides is 3. The molecule has 3 rings (SSSR count). The second-order valence-electron chi connectivity index (χ2n) is 8.05. The highest BCUT2D eigenvalue weighted by Gasteiger charge is 2.66. The highest BCUT2D eigenvalue weighted by molar-refractivity contribution is 5.87. The fourth-order valence-corrected chi connectivity index (χ4v) is 3.37. The molecule has 1 amide bonds. The first-order valence-corrected chi connectivity index (χ1v) is 10.7. The van der Waals surface area contributed by atoms with Crippen molar-refractivity contribution >= 4 is 23.6 Å². The summed E-state index contributed by atoms with van der Waals surface area (Å²) in [6, 6.07) is -0.503. The number of nitrogen functional groups attached to an aromatic ring is 1. The maximum absolute atomic E-state index is 13.9. The van der Waals surface area contributed by atoms with Gasteiger partial charge in [0, 0.05) is 12.6 Å². The van der Waals surface area contributed by atoms with Crippen molar-refractivity contribution in [3.05, 3.63) is 36.4 Å². The van der Waals surface area contributed by atoms with E-state index in [4.69, 9.17) is 21.3 Å². The van der Waals surface area contributed by atoms with Gasteiger partial charge >= 0.3 is 12.3 Å². The summed E-state index contributed by atoms with van der Waals surface area (Å²) in [4.78, 5) is 30.2. The van der Waals surface area contributed by atoms with Crippen molar-refractivity contribution in [3.63, 3.8) is 0 Å². The SMILES string of the molecule is C=C/C=C(\N=C(/N)NC[C@H](C)NC(=O)O)c1[nH]c(C2(C(F)(F)F)CC2)nc1-c1cnc(N)c(OC)n1.